The minimum Gasteiger partial charge on any atom is -0.507 e. The molecular formula is C50H65N8O9+. The van der Waals surface area contributed by atoms with Gasteiger partial charge in [0.1, 0.15) is 35.7 Å². The normalized spacial score (nSPS) is 16.4. The number of hydrogen-bond donors (Lipinski definition) is 8. The summed E-state index contributed by atoms with van der Waals surface area (Å²) in [6.07, 6.45) is 13.6. The molecule has 1 aromatic heterocycles. The molecule has 0 saturated carbocycles. The fraction of sp³-hybridized carbons (Fsp3) is 0.440. The number of carboxylic acid groups (broad SMARTS) is 1. The number of nitrogens with one attached hydrogen (secondary N) is 4. The van der Waals surface area contributed by atoms with Crippen molar-refractivity contribution in [2.24, 2.45) is 0 Å². The molecule has 10 N–H and O–H groups in total. The number of phenolic OH excluding ortho intramolecular Hbond substituents is 2. The van der Waals surface area contributed by atoms with Crippen molar-refractivity contribution in [1.82, 2.24) is 36.1 Å². The van der Waals surface area contributed by atoms with E-state index in [9.17, 15) is 44.1 Å². The van der Waals surface area contributed by atoms with Gasteiger partial charge >= 0.3 is 5.97 Å². The average Bonchev–Trinajstić information content (AvgIpc) is 3.31. The largest absolute Gasteiger partial charge is 0.507 e. The second kappa shape index (κ2) is 25.1. The Morgan fingerprint density at radius 3 is 2.16 bits per heavy atom. The Kier molecular flexibility index (Phi) is 19.2. The standard InChI is InChI=1S/C50H64N8O9/c1-4-5-6-7-8-9-10-13-32-15-18-34(19-16-32)45-53-29-36(30-54-45)47(63)52-25-23-43(61)56-39(14-11-12-24-51)49(65)58(3)44-35-20-22-42(60)38(28-35)37-26-33(17-21-41(37)59)27-40(50(66)67)57-46(62)31(2)55-48(44)64/h15-22,26,28-31,39-40,44,59-60H,4-14,23-25,27,51H2,1-3H3,(H,52,63)(H,55,64)(H,56,61)(H,57,62)(H,66,67)/p+1/t31-,39-,40-,44-/m0/s1. The van der Waals surface area contributed by atoms with Gasteiger partial charge in [0.25, 0.3) is 5.91 Å². The number of likely N-dealkylation sites (N-methyl/N-ethyl adjacent to an activating group) is 1. The summed E-state index contributed by atoms with van der Waals surface area (Å²) in [6, 6.07) is 11.4. The maximum absolute atomic E-state index is 14.4. The minimum atomic E-state index is -1.44. The lowest BCUT2D eigenvalue weighted by molar-refractivity contribution is -0.368. The molecule has 0 spiro atoms. The van der Waals surface area contributed by atoms with E-state index in [0.29, 0.717) is 30.8 Å². The summed E-state index contributed by atoms with van der Waals surface area (Å²) in [6.45, 7) is 4.10. The number of unbranched alkanes of at least 4 members (excludes halogenated alkanes) is 7. The van der Waals surface area contributed by atoms with E-state index in [4.69, 9.17) is 0 Å². The molecule has 0 fully saturated rings. The summed E-state index contributed by atoms with van der Waals surface area (Å²) >= 11 is 0. The average molecular weight is 922 g/mol. The molecule has 17 nitrogen and oxygen atoms in total. The van der Waals surface area contributed by atoms with Gasteiger partial charge in [-0.3, -0.25) is 24.0 Å². The van der Waals surface area contributed by atoms with E-state index < -0.39 is 59.7 Å². The topological polar surface area (TPSA) is 268 Å². The van der Waals surface area contributed by atoms with Crippen LogP contribution in [0.25, 0.3) is 22.5 Å². The number of aliphatic carboxylic acids is 1. The van der Waals surface area contributed by atoms with Crippen molar-refractivity contribution in [3.63, 3.8) is 0 Å². The van der Waals surface area contributed by atoms with Gasteiger partial charge in [-0.1, -0.05) is 81.8 Å². The number of rotatable bonds is 21. The van der Waals surface area contributed by atoms with Gasteiger partial charge in [-0.25, -0.2) is 14.8 Å². The maximum Gasteiger partial charge on any atom is 0.326 e. The highest BCUT2D eigenvalue weighted by Crippen LogP contribution is 2.39. The van der Waals surface area contributed by atoms with Gasteiger partial charge in [-0.05, 0) is 80.0 Å². The van der Waals surface area contributed by atoms with E-state index in [0.717, 1.165) is 23.3 Å². The molecule has 2 heterocycles. The number of fused-ring (bicyclic) bond motifs is 5. The number of phenols is 2. The quantitative estimate of drug-likeness (QED) is 0.0544. The first-order valence-electron chi connectivity index (χ1n) is 23.2. The number of nitrogens with zero attached hydrogens (tertiary/aromatic N) is 3. The Morgan fingerprint density at radius 2 is 1.49 bits per heavy atom. The van der Waals surface area contributed by atoms with E-state index in [-0.39, 0.29) is 59.6 Å². The van der Waals surface area contributed by atoms with E-state index in [1.165, 1.54) is 107 Å². The predicted molar refractivity (Wildman–Crippen MR) is 251 cm³/mol. The first-order chi connectivity index (χ1) is 32.2. The molecule has 1 aliphatic heterocycles. The lowest BCUT2D eigenvalue weighted by atomic mass is 9.93. The van der Waals surface area contributed by atoms with Crippen molar-refractivity contribution < 1.29 is 49.8 Å². The molecule has 0 aliphatic carbocycles. The van der Waals surface area contributed by atoms with Crippen LogP contribution >= 0.6 is 0 Å². The molecule has 0 radical (unpaired) electrons. The zero-order valence-corrected chi connectivity index (χ0v) is 38.7. The van der Waals surface area contributed by atoms with Crippen molar-refractivity contribution in [1.29, 1.82) is 0 Å². The Morgan fingerprint density at radius 1 is 0.836 bits per heavy atom. The van der Waals surface area contributed by atoms with Crippen molar-refractivity contribution >= 4 is 35.5 Å². The third kappa shape index (κ3) is 14.6. The van der Waals surface area contributed by atoms with Gasteiger partial charge in [0.2, 0.25) is 23.6 Å². The van der Waals surface area contributed by atoms with Crippen LogP contribution in [0.3, 0.4) is 0 Å². The fourth-order valence-electron chi connectivity index (χ4n) is 8.02. The highest BCUT2D eigenvalue weighted by Gasteiger charge is 2.36. The van der Waals surface area contributed by atoms with Crippen LogP contribution in [0.4, 0.5) is 0 Å². The Bertz CT molecular complexity index is 2340. The van der Waals surface area contributed by atoms with Gasteiger partial charge in [0.05, 0.1) is 12.1 Å². The molecule has 4 bridgehead atoms. The zero-order chi connectivity index (χ0) is 48.5. The molecule has 67 heavy (non-hydrogen) atoms. The van der Waals surface area contributed by atoms with E-state index in [1.54, 1.807) is 0 Å². The van der Waals surface area contributed by atoms with E-state index in [2.05, 4.69) is 56.0 Å². The van der Waals surface area contributed by atoms with Crippen LogP contribution in [0.5, 0.6) is 11.5 Å². The Balaban J connectivity index is 1.25. The van der Waals surface area contributed by atoms with Crippen molar-refractivity contribution in [3.05, 3.63) is 95.3 Å². The molecule has 4 atom stereocenters. The smallest absolute Gasteiger partial charge is 0.326 e. The molecule has 5 rings (SSSR count). The first-order valence-corrected chi connectivity index (χ1v) is 23.2. The van der Waals surface area contributed by atoms with Crippen LogP contribution in [0, 0.1) is 0 Å². The second-order valence-corrected chi connectivity index (χ2v) is 17.2. The number of aryl methyl sites for hydroxylation is 1. The summed E-state index contributed by atoms with van der Waals surface area (Å²) in [4.78, 5) is 90.4. The first kappa shape index (κ1) is 51.1. The molecule has 5 amide bonds. The zero-order valence-electron chi connectivity index (χ0n) is 38.7. The van der Waals surface area contributed by atoms with Crippen molar-refractivity contribution in [2.75, 3.05) is 20.1 Å². The Hall–Kier alpha value is -6.88. The summed E-state index contributed by atoms with van der Waals surface area (Å²) in [5.41, 5.74) is 7.01. The third-order valence-electron chi connectivity index (χ3n) is 11.9. The summed E-state index contributed by atoms with van der Waals surface area (Å²) in [5.74, 6) is -4.65. The Labute approximate surface area is 391 Å². The maximum atomic E-state index is 14.4. The van der Waals surface area contributed by atoms with Crippen LogP contribution in [-0.2, 0) is 36.8 Å². The van der Waals surface area contributed by atoms with Crippen molar-refractivity contribution in [2.45, 2.75) is 121 Å². The minimum absolute atomic E-state index is 0.0691. The van der Waals surface area contributed by atoms with Gasteiger partial charge in [-0.2, -0.15) is 0 Å². The number of carboxylic acids is 1. The number of quaternary nitrogens is 1. The molecule has 1 aliphatic rings. The summed E-state index contributed by atoms with van der Waals surface area (Å²) < 4.78 is 0. The highest BCUT2D eigenvalue weighted by atomic mass is 16.4. The van der Waals surface area contributed by atoms with E-state index in [1.807, 2.05) is 12.1 Å². The second-order valence-electron chi connectivity index (χ2n) is 17.2. The van der Waals surface area contributed by atoms with Crippen LogP contribution in [0.15, 0.2) is 73.1 Å². The van der Waals surface area contributed by atoms with Crippen molar-refractivity contribution in [3.8, 4) is 34.0 Å². The fourth-order valence-corrected chi connectivity index (χ4v) is 8.02. The van der Waals surface area contributed by atoms with Gasteiger partial charge in [0, 0.05) is 55.5 Å². The monoisotopic (exact) mass is 921 g/mol. The predicted octanol–water partition coefficient (Wildman–Crippen LogP) is 4.36. The van der Waals surface area contributed by atoms with Gasteiger partial charge in [-0.15, -0.1) is 0 Å². The molecule has 4 aromatic rings. The number of aromatic nitrogens is 2. The number of hydrogen-bond acceptors (Lipinski definition) is 10. The number of amides is 5. The molecule has 0 unspecified atom stereocenters. The molecule has 0 saturated heterocycles. The number of aromatic hydroxyl groups is 2. The molecule has 3 aromatic carbocycles. The van der Waals surface area contributed by atoms with E-state index >= 15 is 0 Å². The van der Waals surface area contributed by atoms with Gasteiger partial charge < -0.3 is 47.2 Å². The highest BCUT2D eigenvalue weighted by molar-refractivity contribution is 5.96. The van der Waals surface area contributed by atoms with Gasteiger partial charge in [0.15, 0.2) is 5.82 Å². The van der Waals surface area contributed by atoms with Crippen LogP contribution < -0.4 is 27.0 Å². The lowest BCUT2D eigenvalue weighted by Gasteiger charge is -2.32. The molecule has 17 heteroatoms. The molecular weight excluding hydrogens is 857 g/mol. The summed E-state index contributed by atoms with van der Waals surface area (Å²) in [7, 11) is 1.37. The van der Waals surface area contributed by atoms with Crippen LogP contribution in [-0.4, -0.2) is 104 Å². The lowest BCUT2D eigenvalue weighted by Crippen LogP contribution is -2.55. The molecule has 358 valence electrons. The number of carbonyl (C=O) groups excluding carboxylic acids is 5. The third-order valence-corrected chi connectivity index (χ3v) is 11.9. The number of benzene rings is 3. The number of carbonyl (C=O) groups is 6. The van der Waals surface area contributed by atoms with Crippen LogP contribution in [0.1, 0.15) is 118 Å². The SMILES string of the molecule is CCCCCCCCCc1ccc(-c2ncc(C(=O)NCCC(=O)N[C@@H](CCCC[NH3+])C(=O)N(C)[C@@H]3C(=O)N[C@@H](C)C(=O)N[C@H](C(=O)O)Cc4ccc(O)c(c4)-c4cc3ccc4O)cn2)cc1. The summed E-state index contributed by atoms with van der Waals surface area (Å²) in [5, 5.41) is 42.3. The van der Waals surface area contributed by atoms with Crippen LogP contribution in [0.2, 0.25) is 0 Å².